The highest BCUT2D eigenvalue weighted by atomic mass is 16.3. The van der Waals surface area contributed by atoms with Gasteiger partial charge in [-0.2, -0.15) is 5.26 Å². The molecule has 0 aliphatic carbocycles. The molecule has 0 aromatic heterocycles. The molecule has 0 aliphatic heterocycles. The van der Waals surface area contributed by atoms with Crippen LogP contribution < -0.4 is 0 Å². The first-order valence-electron chi connectivity index (χ1n) is 5.25. The highest BCUT2D eigenvalue weighted by Gasteiger charge is 2.20. The Morgan fingerprint density at radius 3 is 2.50 bits per heavy atom. The highest BCUT2D eigenvalue weighted by Crippen LogP contribution is 2.27. The number of nitriles is 1. The van der Waals surface area contributed by atoms with Crippen molar-refractivity contribution in [3.63, 3.8) is 0 Å². The van der Waals surface area contributed by atoms with Gasteiger partial charge in [0.15, 0.2) is 0 Å². The summed E-state index contributed by atoms with van der Waals surface area (Å²) in [5.74, 6) is 0.284. The fourth-order valence-corrected chi connectivity index (χ4v) is 1.51. The second-order valence-corrected chi connectivity index (χ2v) is 4.82. The maximum atomic E-state index is 9.71. The first kappa shape index (κ1) is 12.5. The van der Waals surface area contributed by atoms with E-state index >= 15 is 0 Å². The van der Waals surface area contributed by atoms with Crippen LogP contribution in [0.1, 0.15) is 25.0 Å². The van der Waals surface area contributed by atoms with Crippen molar-refractivity contribution in [1.82, 2.24) is 4.90 Å². The van der Waals surface area contributed by atoms with E-state index in [2.05, 4.69) is 6.07 Å². The smallest absolute Gasteiger partial charge is 0.120 e. The summed E-state index contributed by atoms with van der Waals surface area (Å²) in [6.45, 7) is 4.42. The van der Waals surface area contributed by atoms with Crippen LogP contribution in [0.5, 0.6) is 5.75 Å². The highest BCUT2D eigenvalue weighted by molar-refractivity contribution is 5.41. The summed E-state index contributed by atoms with van der Waals surface area (Å²) >= 11 is 0. The molecule has 0 radical (unpaired) electrons. The summed E-state index contributed by atoms with van der Waals surface area (Å²) in [4.78, 5) is 1.98. The Hall–Kier alpha value is -1.53. The monoisotopic (exact) mass is 218 g/mol. The molecule has 0 saturated carbocycles. The Kier molecular flexibility index (Phi) is 3.56. The molecular weight excluding hydrogens is 200 g/mol. The summed E-state index contributed by atoms with van der Waals surface area (Å²) in [7, 11) is 3.89. The Balaban J connectivity index is 3.13. The molecule has 1 N–H and O–H groups in total. The van der Waals surface area contributed by atoms with Crippen LogP contribution in [0, 0.1) is 11.3 Å². The van der Waals surface area contributed by atoms with E-state index in [4.69, 9.17) is 5.26 Å². The summed E-state index contributed by atoms with van der Waals surface area (Å²) in [6, 6.07) is 7.63. The molecule has 0 heterocycles. The van der Waals surface area contributed by atoms with Crippen LogP contribution in [-0.4, -0.2) is 24.1 Å². The predicted molar refractivity (Wildman–Crippen MR) is 64.1 cm³/mol. The van der Waals surface area contributed by atoms with Gasteiger partial charge in [0.2, 0.25) is 0 Å². The number of hydrogen-bond acceptors (Lipinski definition) is 3. The third-order valence-electron chi connectivity index (χ3n) is 2.57. The van der Waals surface area contributed by atoms with E-state index in [1.54, 1.807) is 12.1 Å². The van der Waals surface area contributed by atoms with Crippen molar-refractivity contribution in [3.05, 3.63) is 29.3 Å². The van der Waals surface area contributed by atoms with Crippen LogP contribution in [0.2, 0.25) is 0 Å². The molecule has 0 amide bonds. The molecule has 3 nitrogen and oxygen atoms in total. The Bertz CT molecular complexity index is 416. The molecular formula is C13H18N2O. The van der Waals surface area contributed by atoms with Crippen LogP contribution in [0.15, 0.2) is 18.2 Å². The molecule has 0 atom stereocenters. The van der Waals surface area contributed by atoms with Crippen molar-refractivity contribution in [2.24, 2.45) is 0 Å². The zero-order valence-corrected chi connectivity index (χ0v) is 10.3. The topological polar surface area (TPSA) is 47.3 Å². The van der Waals surface area contributed by atoms with Crippen LogP contribution >= 0.6 is 0 Å². The first-order chi connectivity index (χ1) is 7.36. The van der Waals surface area contributed by atoms with Crippen LogP contribution in [-0.2, 0) is 12.0 Å². The Morgan fingerprint density at radius 2 is 2.00 bits per heavy atom. The second-order valence-electron chi connectivity index (χ2n) is 4.82. The number of nitrogens with zero attached hydrogens (tertiary/aromatic N) is 2. The van der Waals surface area contributed by atoms with Gasteiger partial charge < -0.3 is 10.0 Å². The molecule has 1 rings (SSSR count). The molecule has 0 saturated heterocycles. The van der Waals surface area contributed by atoms with Gasteiger partial charge in [0.05, 0.1) is 11.5 Å². The zero-order chi connectivity index (χ0) is 12.3. The zero-order valence-electron chi connectivity index (χ0n) is 10.3. The predicted octanol–water partition coefficient (Wildman–Crippen LogP) is 2.25. The summed E-state index contributed by atoms with van der Waals surface area (Å²) in [6.07, 6.45) is 0. The quantitative estimate of drug-likeness (QED) is 0.846. The molecule has 16 heavy (non-hydrogen) atoms. The molecule has 0 aliphatic rings. The third kappa shape index (κ3) is 2.74. The van der Waals surface area contributed by atoms with Crippen molar-refractivity contribution in [1.29, 1.82) is 5.26 Å². The number of rotatable bonds is 3. The van der Waals surface area contributed by atoms with Crippen molar-refractivity contribution >= 4 is 0 Å². The molecule has 0 unspecified atom stereocenters. The van der Waals surface area contributed by atoms with E-state index in [0.717, 1.165) is 11.1 Å². The van der Waals surface area contributed by atoms with Crippen LogP contribution in [0.4, 0.5) is 0 Å². The number of benzene rings is 1. The van der Waals surface area contributed by atoms with Gasteiger partial charge in [0.25, 0.3) is 0 Å². The van der Waals surface area contributed by atoms with Gasteiger partial charge in [-0.05, 0) is 45.6 Å². The molecule has 3 heteroatoms. The summed E-state index contributed by atoms with van der Waals surface area (Å²) in [5.41, 5.74) is 1.27. The van der Waals surface area contributed by atoms with Crippen molar-refractivity contribution in [3.8, 4) is 11.8 Å². The lowest BCUT2D eigenvalue weighted by Crippen LogP contribution is -2.16. The lowest BCUT2D eigenvalue weighted by atomic mass is 9.85. The van der Waals surface area contributed by atoms with Gasteiger partial charge in [-0.3, -0.25) is 0 Å². The Labute approximate surface area is 96.9 Å². The molecule has 0 bridgehead atoms. The van der Waals surface area contributed by atoms with Crippen LogP contribution in [0.25, 0.3) is 0 Å². The fourth-order valence-electron chi connectivity index (χ4n) is 1.51. The van der Waals surface area contributed by atoms with Gasteiger partial charge in [-0.1, -0.05) is 6.07 Å². The Morgan fingerprint density at radius 1 is 1.38 bits per heavy atom. The van der Waals surface area contributed by atoms with Crippen molar-refractivity contribution < 1.29 is 5.11 Å². The molecule has 86 valence electrons. The molecule has 0 spiro atoms. The number of hydrogen-bond donors (Lipinski definition) is 1. The molecule has 1 aromatic rings. The van der Waals surface area contributed by atoms with E-state index in [9.17, 15) is 5.11 Å². The van der Waals surface area contributed by atoms with E-state index in [1.807, 2.05) is 38.9 Å². The maximum Gasteiger partial charge on any atom is 0.120 e. The van der Waals surface area contributed by atoms with E-state index in [0.29, 0.717) is 6.54 Å². The van der Waals surface area contributed by atoms with E-state index in [1.165, 1.54) is 0 Å². The largest absolute Gasteiger partial charge is 0.508 e. The number of phenolic OH excluding ortho intramolecular Hbond substituents is 1. The van der Waals surface area contributed by atoms with Crippen molar-refractivity contribution in [2.75, 3.05) is 14.1 Å². The number of phenols is 1. The van der Waals surface area contributed by atoms with Gasteiger partial charge in [-0.15, -0.1) is 0 Å². The standard InChI is InChI=1S/C13H18N2O/c1-13(2,9-14)11-5-6-12(16)10(7-11)8-15(3)4/h5-7,16H,8H2,1-4H3. The minimum absolute atomic E-state index is 0.284. The van der Waals surface area contributed by atoms with Gasteiger partial charge in [0, 0.05) is 12.1 Å². The average Bonchev–Trinajstić information content (AvgIpc) is 2.20. The van der Waals surface area contributed by atoms with Gasteiger partial charge in [-0.25, -0.2) is 0 Å². The van der Waals surface area contributed by atoms with Gasteiger partial charge in [0.1, 0.15) is 5.75 Å². The number of aromatic hydroxyl groups is 1. The maximum absolute atomic E-state index is 9.71. The summed E-state index contributed by atoms with van der Waals surface area (Å²) in [5, 5.41) is 18.8. The van der Waals surface area contributed by atoms with Crippen LogP contribution in [0.3, 0.4) is 0 Å². The lowest BCUT2D eigenvalue weighted by molar-refractivity contribution is 0.385. The lowest BCUT2D eigenvalue weighted by Gasteiger charge is -2.18. The van der Waals surface area contributed by atoms with E-state index in [-0.39, 0.29) is 5.75 Å². The fraction of sp³-hybridized carbons (Fsp3) is 0.462. The summed E-state index contributed by atoms with van der Waals surface area (Å²) < 4.78 is 0. The first-order valence-corrected chi connectivity index (χ1v) is 5.25. The normalized spacial score (nSPS) is 11.5. The molecule has 1 aromatic carbocycles. The van der Waals surface area contributed by atoms with Gasteiger partial charge >= 0.3 is 0 Å². The minimum atomic E-state index is -0.519. The molecule has 0 fully saturated rings. The average molecular weight is 218 g/mol. The minimum Gasteiger partial charge on any atom is -0.508 e. The third-order valence-corrected chi connectivity index (χ3v) is 2.57. The van der Waals surface area contributed by atoms with Crippen molar-refractivity contribution in [2.45, 2.75) is 25.8 Å². The second kappa shape index (κ2) is 4.54. The SMILES string of the molecule is CN(C)Cc1cc(C(C)(C)C#N)ccc1O. The van der Waals surface area contributed by atoms with E-state index < -0.39 is 5.41 Å².